The summed E-state index contributed by atoms with van der Waals surface area (Å²) in [4.78, 5) is 0. The third-order valence-corrected chi connectivity index (χ3v) is 2.35. The van der Waals surface area contributed by atoms with Crippen molar-refractivity contribution in [1.82, 2.24) is 0 Å². The lowest BCUT2D eigenvalue weighted by atomic mass is 10.1. The SMILES string of the molecule is CCc1ccc2cc(F)c(F)cc2c1. The first-order valence-electron chi connectivity index (χ1n) is 4.58. The molecule has 0 aliphatic rings. The second-order valence-electron chi connectivity index (χ2n) is 3.30. The molecule has 14 heavy (non-hydrogen) atoms. The molecule has 0 radical (unpaired) electrons. The molecule has 0 fully saturated rings. The molecule has 0 aliphatic carbocycles. The molecule has 0 N–H and O–H groups in total. The van der Waals surface area contributed by atoms with Gasteiger partial charge < -0.3 is 0 Å². The van der Waals surface area contributed by atoms with E-state index >= 15 is 0 Å². The zero-order valence-corrected chi connectivity index (χ0v) is 7.85. The molecule has 0 spiro atoms. The van der Waals surface area contributed by atoms with E-state index in [1.54, 1.807) is 0 Å². The summed E-state index contributed by atoms with van der Waals surface area (Å²) in [5, 5.41) is 1.49. The van der Waals surface area contributed by atoms with E-state index in [2.05, 4.69) is 0 Å². The van der Waals surface area contributed by atoms with Crippen LogP contribution in [0.2, 0.25) is 0 Å². The van der Waals surface area contributed by atoms with Gasteiger partial charge in [-0.25, -0.2) is 8.78 Å². The quantitative estimate of drug-likeness (QED) is 0.646. The maximum atomic E-state index is 12.9. The van der Waals surface area contributed by atoms with Crippen LogP contribution in [0.15, 0.2) is 30.3 Å². The number of halogens is 2. The molecule has 72 valence electrons. The lowest BCUT2D eigenvalue weighted by molar-refractivity contribution is 0.511. The Hall–Kier alpha value is -1.44. The molecule has 0 heterocycles. The van der Waals surface area contributed by atoms with Gasteiger partial charge in [-0.05, 0) is 34.9 Å². The number of hydrogen-bond donors (Lipinski definition) is 0. The Kier molecular flexibility index (Phi) is 2.20. The van der Waals surface area contributed by atoms with Crippen molar-refractivity contribution in [2.75, 3.05) is 0 Å². The second kappa shape index (κ2) is 3.37. The predicted molar refractivity (Wildman–Crippen MR) is 53.2 cm³/mol. The standard InChI is InChI=1S/C12H10F2/c1-2-8-3-4-9-6-11(13)12(14)7-10(9)5-8/h3-7H,2H2,1H3. The second-order valence-corrected chi connectivity index (χ2v) is 3.30. The Morgan fingerprint density at radius 1 is 0.929 bits per heavy atom. The summed E-state index contributed by atoms with van der Waals surface area (Å²) in [6, 6.07) is 8.10. The summed E-state index contributed by atoms with van der Waals surface area (Å²) in [5.41, 5.74) is 1.13. The van der Waals surface area contributed by atoms with Gasteiger partial charge in [0.25, 0.3) is 0 Å². The molecule has 2 rings (SSSR count). The lowest BCUT2D eigenvalue weighted by Gasteiger charge is -2.02. The van der Waals surface area contributed by atoms with Crippen LogP contribution in [0.3, 0.4) is 0 Å². The Morgan fingerprint density at radius 2 is 1.57 bits per heavy atom. The maximum Gasteiger partial charge on any atom is 0.159 e. The van der Waals surface area contributed by atoms with E-state index in [1.807, 2.05) is 25.1 Å². The van der Waals surface area contributed by atoms with Crippen LogP contribution in [0.4, 0.5) is 8.78 Å². The monoisotopic (exact) mass is 192 g/mol. The first-order valence-corrected chi connectivity index (χ1v) is 4.58. The Morgan fingerprint density at radius 3 is 2.21 bits per heavy atom. The van der Waals surface area contributed by atoms with E-state index in [-0.39, 0.29) is 0 Å². The number of fused-ring (bicyclic) bond motifs is 1. The maximum absolute atomic E-state index is 12.9. The lowest BCUT2D eigenvalue weighted by Crippen LogP contribution is -1.86. The number of hydrogen-bond acceptors (Lipinski definition) is 0. The third kappa shape index (κ3) is 1.48. The molecule has 0 saturated carbocycles. The third-order valence-electron chi connectivity index (χ3n) is 2.35. The van der Waals surface area contributed by atoms with E-state index in [4.69, 9.17) is 0 Å². The minimum absolute atomic E-state index is 0.737. The van der Waals surface area contributed by atoms with Gasteiger partial charge in [0.1, 0.15) is 0 Å². The van der Waals surface area contributed by atoms with Crippen molar-refractivity contribution in [3.63, 3.8) is 0 Å². The Labute approximate surface area is 81.2 Å². The summed E-state index contributed by atoms with van der Waals surface area (Å²) >= 11 is 0. The van der Waals surface area contributed by atoms with Crippen LogP contribution < -0.4 is 0 Å². The minimum Gasteiger partial charge on any atom is -0.204 e. The highest BCUT2D eigenvalue weighted by Crippen LogP contribution is 2.19. The summed E-state index contributed by atoms with van der Waals surface area (Å²) in [6.07, 6.45) is 0.898. The van der Waals surface area contributed by atoms with E-state index in [9.17, 15) is 8.78 Å². The van der Waals surface area contributed by atoms with Crippen molar-refractivity contribution in [2.24, 2.45) is 0 Å². The van der Waals surface area contributed by atoms with Crippen LogP contribution in [0, 0.1) is 11.6 Å². The van der Waals surface area contributed by atoms with E-state index in [1.165, 1.54) is 12.1 Å². The molecule has 0 saturated heterocycles. The highest BCUT2D eigenvalue weighted by Gasteiger charge is 2.03. The number of benzene rings is 2. The van der Waals surface area contributed by atoms with Crippen LogP contribution in [-0.4, -0.2) is 0 Å². The first-order chi connectivity index (χ1) is 6.70. The van der Waals surface area contributed by atoms with Crippen molar-refractivity contribution in [2.45, 2.75) is 13.3 Å². The summed E-state index contributed by atoms with van der Waals surface area (Å²) in [5.74, 6) is -1.58. The fourth-order valence-corrected chi connectivity index (χ4v) is 1.51. The van der Waals surface area contributed by atoms with Crippen molar-refractivity contribution in [3.8, 4) is 0 Å². The molecule has 0 unspecified atom stereocenters. The highest BCUT2D eigenvalue weighted by atomic mass is 19.2. The van der Waals surface area contributed by atoms with Gasteiger partial charge in [0.05, 0.1) is 0 Å². The number of aryl methyl sites for hydroxylation is 1. The normalized spacial score (nSPS) is 10.8. The van der Waals surface area contributed by atoms with E-state index in [0.717, 1.165) is 22.8 Å². The molecule has 0 amide bonds. The fourth-order valence-electron chi connectivity index (χ4n) is 1.51. The Bertz CT molecular complexity index is 475. The van der Waals surface area contributed by atoms with Gasteiger partial charge in [0.2, 0.25) is 0 Å². The van der Waals surface area contributed by atoms with Crippen molar-refractivity contribution in [1.29, 1.82) is 0 Å². The zero-order valence-electron chi connectivity index (χ0n) is 7.85. The largest absolute Gasteiger partial charge is 0.204 e. The van der Waals surface area contributed by atoms with Gasteiger partial charge in [-0.2, -0.15) is 0 Å². The topological polar surface area (TPSA) is 0 Å². The highest BCUT2D eigenvalue weighted by molar-refractivity contribution is 5.83. The van der Waals surface area contributed by atoms with E-state index in [0.29, 0.717) is 0 Å². The summed E-state index contributed by atoms with van der Waals surface area (Å²) < 4.78 is 25.8. The zero-order chi connectivity index (χ0) is 10.1. The number of rotatable bonds is 1. The smallest absolute Gasteiger partial charge is 0.159 e. The molecule has 2 aromatic rings. The molecule has 2 aromatic carbocycles. The van der Waals surface area contributed by atoms with Gasteiger partial charge in [0, 0.05) is 0 Å². The van der Waals surface area contributed by atoms with Crippen LogP contribution in [-0.2, 0) is 6.42 Å². The van der Waals surface area contributed by atoms with Gasteiger partial charge in [-0.1, -0.05) is 25.1 Å². The minimum atomic E-state index is -0.790. The molecule has 0 atom stereocenters. The van der Waals surface area contributed by atoms with Crippen molar-refractivity contribution < 1.29 is 8.78 Å². The van der Waals surface area contributed by atoms with Crippen LogP contribution in [0.5, 0.6) is 0 Å². The van der Waals surface area contributed by atoms with Gasteiger partial charge in [-0.15, -0.1) is 0 Å². The Balaban J connectivity index is 2.70. The molecule has 0 bridgehead atoms. The average Bonchev–Trinajstić information content (AvgIpc) is 2.19. The van der Waals surface area contributed by atoms with E-state index < -0.39 is 11.6 Å². The summed E-state index contributed by atoms with van der Waals surface area (Å²) in [6.45, 7) is 2.03. The van der Waals surface area contributed by atoms with Gasteiger partial charge in [0.15, 0.2) is 11.6 Å². The molecule has 0 nitrogen and oxygen atoms in total. The van der Waals surface area contributed by atoms with Gasteiger partial charge in [-0.3, -0.25) is 0 Å². The molecule has 0 aromatic heterocycles. The first kappa shape index (κ1) is 9.13. The van der Waals surface area contributed by atoms with Crippen molar-refractivity contribution >= 4 is 10.8 Å². The van der Waals surface area contributed by atoms with Crippen molar-refractivity contribution in [3.05, 3.63) is 47.5 Å². The van der Waals surface area contributed by atoms with Gasteiger partial charge >= 0.3 is 0 Å². The van der Waals surface area contributed by atoms with Crippen LogP contribution >= 0.6 is 0 Å². The predicted octanol–water partition coefficient (Wildman–Crippen LogP) is 3.68. The van der Waals surface area contributed by atoms with Crippen LogP contribution in [0.25, 0.3) is 10.8 Å². The molecular formula is C12H10F2. The molecule has 0 aliphatic heterocycles. The summed E-state index contributed by atoms with van der Waals surface area (Å²) in [7, 11) is 0. The molecular weight excluding hydrogens is 182 g/mol. The average molecular weight is 192 g/mol. The fraction of sp³-hybridized carbons (Fsp3) is 0.167. The van der Waals surface area contributed by atoms with Crippen LogP contribution in [0.1, 0.15) is 12.5 Å². The molecule has 2 heteroatoms.